The molecule has 1 N–H and O–H groups in total. The van der Waals surface area contributed by atoms with E-state index in [9.17, 15) is 4.39 Å². The molecule has 0 saturated carbocycles. The molecule has 0 spiro atoms. The van der Waals surface area contributed by atoms with E-state index in [4.69, 9.17) is 4.74 Å². The summed E-state index contributed by atoms with van der Waals surface area (Å²) in [5, 5.41) is 7.31. The third-order valence-corrected chi connectivity index (χ3v) is 4.14. The molecule has 0 atom stereocenters. The molecule has 0 bridgehead atoms. The minimum Gasteiger partial charge on any atom is -0.479 e. The van der Waals surface area contributed by atoms with Gasteiger partial charge in [0.15, 0.2) is 0 Å². The van der Waals surface area contributed by atoms with Crippen LogP contribution in [0.4, 0.5) is 16.0 Å². The van der Waals surface area contributed by atoms with Crippen LogP contribution >= 0.6 is 0 Å². The summed E-state index contributed by atoms with van der Waals surface area (Å²) in [5.74, 6) is 0.848. The Morgan fingerprint density at radius 2 is 1.93 bits per heavy atom. The Labute approximate surface area is 160 Å². The van der Waals surface area contributed by atoms with E-state index < -0.39 is 0 Å². The number of anilines is 2. The lowest BCUT2D eigenvalue weighted by Gasteiger charge is -2.08. The number of hydrogen-bond acceptors (Lipinski definition) is 6. The quantitative estimate of drug-likeness (QED) is 0.573. The number of para-hydroxylation sites is 1. The van der Waals surface area contributed by atoms with Gasteiger partial charge in [0.1, 0.15) is 17.2 Å². The van der Waals surface area contributed by atoms with E-state index in [2.05, 4.69) is 25.4 Å². The van der Waals surface area contributed by atoms with Crippen molar-refractivity contribution in [3.63, 3.8) is 0 Å². The van der Waals surface area contributed by atoms with E-state index in [0.717, 1.165) is 11.4 Å². The first-order valence-corrected chi connectivity index (χ1v) is 8.54. The van der Waals surface area contributed by atoms with Gasteiger partial charge in [0.25, 0.3) is 0 Å². The summed E-state index contributed by atoms with van der Waals surface area (Å²) in [6.07, 6.45) is 3.58. The second kappa shape index (κ2) is 7.10. The predicted octanol–water partition coefficient (Wildman–Crippen LogP) is 3.26. The summed E-state index contributed by atoms with van der Waals surface area (Å²) >= 11 is 0. The van der Waals surface area contributed by atoms with Crippen molar-refractivity contribution < 1.29 is 9.13 Å². The summed E-state index contributed by atoms with van der Waals surface area (Å²) in [4.78, 5) is 13.2. The molecule has 0 saturated heterocycles. The standard InChI is InChI=1S/C19H18FN7O/c1-12-10-27(11-21-12)16-9-8-15(22-18(16)28-3)17-24-19(26(2)25-17)23-14-7-5-4-6-13(14)20/h4-11H,1-3H3,(H,23,24,25). The molecule has 0 radical (unpaired) electrons. The van der Waals surface area contributed by atoms with Gasteiger partial charge in [-0.2, -0.15) is 4.98 Å². The molecule has 1 aromatic carbocycles. The predicted molar refractivity (Wildman–Crippen MR) is 102 cm³/mol. The Morgan fingerprint density at radius 3 is 2.64 bits per heavy atom. The van der Waals surface area contributed by atoms with Crippen molar-refractivity contribution >= 4 is 11.6 Å². The SMILES string of the molecule is COc1nc(-c2nc(Nc3ccccc3F)n(C)n2)ccc1-n1cnc(C)c1. The van der Waals surface area contributed by atoms with Gasteiger partial charge < -0.3 is 14.6 Å². The molecule has 4 rings (SSSR count). The number of methoxy groups -OCH3 is 1. The third-order valence-electron chi connectivity index (χ3n) is 4.14. The van der Waals surface area contributed by atoms with E-state index in [-0.39, 0.29) is 5.82 Å². The van der Waals surface area contributed by atoms with Crippen LogP contribution in [0.25, 0.3) is 17.2 Å². The fraction of sp³-hybridized carbons (Fsp3) is 0.158. The van der Waals surface area contributed by atoms with E-state index in [1.165, 1.54) is 10.7 Å². The molecule has 28 heavy (non-hydrogen) atoms. The maximum absolute atomic E-state index is 13.9. The Balaban J connectivity index is 1.67. The highest BCUT2D eigenvalue weighted by molar-refractivity contribution is 5.59. The van der Waals surface area contributed by atoms with Crippen molar-refractivity contribution in [2.75, 3.05) is 12.4 Å². The van der Waals surface area contributed by atoms with Crippen LogP contribution < -0.4 is 10.1 Å². The third kappa shape index (κ3) is 3.29. The first-order valence-electron chi connectivity index (χ1n) is 8.54. The number of imidazole rings is 1. The molecule has 0 unspecified atom stereocenters. The average molecular weight is 379 g/mol. The molecule has 4 aromatic rings. The first kappa shape index (κ1) is 17.7. The molecule has 0 aliphatic rings. The molecule has 0 amide bonds. The van der Waals surface area contributed by atoms with Gasteiger partial charge in [0, 0.05) is 13.2 Å². The summed E-state index contributed by atoms with van der Waals surface area (Å²) < 4.78 is 22.7. The Morgan fingerprint density at radius 1 is 1.11 bits per heavy atom. The summed E-state index contributed by atoms with van der Waals surface area (Å²) in [5.41, 5.74) is 2.50. The Bertz CT molecular complexity index is 1140. The number of nitrogens with one attached hydrogen (secondary N) is 1. The number of hydrogen-bond donors (Lipinski definition) is 1. The number of ether oxygens (including phenoxy) is 1. The second-order valence-electron chi connectivity index (χ2n) is 6.13. The van der Waals surface area contributed by atoms with Crippen LogP contribution in [0.2, 0.25) is 0 Å². The van der Waals surface area contributed by atoms with E-state index >= 15 is 0 Å². The molecule has 8 nitrogen and oxygen atoms in total. The first-order chi connectivity index (χ1) is 13.5. The monoisotopic (exact) mass is 379 g/mol. The van der Waals surface area contributed by atoms with Crippen molar-refractivity contribution in [3.05, 3.63) is 60.4 Å². The maximum atomic E-state index is 13.9. The van der Waals surface area contributed by atoms with Crippen LogP contribution in [-0.4, -0.2) is 36.4 Å². The minimum absolute atomic E-state index is 0.320. The van der Waals surface area contributed by atoms with Crippen molar-refractivity contribution in [2.24, 2.45) is 7.05 Å². The van der Waals surface area contributed by atoms with Crippen molar-refractivity contribution in [2.45, 2.75) is 6.92 Å². The summed E-state index contributed by atoms with van der Waals surface area (Å²) in [7, 11) is 3.27. The minimum atomic E-state index is -0.369. The number of aryl methyl sites for hydroxylation is 2. The van der Waals surface area contributed by atoms with Crippen LogP contribution in [0.15, 0.2) is 48.9 Å². The average Bonchev–Trinajstić information content (AvgIpc) is 3.29. The van der Waals surface area contributed by atoms with Crippen LogP contribution in [0.5, 0.6) is 5.88 Å². The van der Waals surface area contributed by atoms with Gasteiger partial charge in [-0.05, 0) is 31.2 Å². The van der Waals surface area contributed by atoms with Gasteiger partial charge in [-0.25, -0.2) is 19.0 Å². The zero-order valence-corrected chi connectivity index (χ0v) is 15.6. The fourth-order valence-electron chi connectivity index (χ4n) is 2.74. The number of nitrogens with zero attached hydrogens (tertiary/aromatic N) is 6. The van der Waals surface area contributed by atoms with Gasteiger partial charge in [-0.1, -0.05) is 12.1 Å². The summed E-state index contributed by atoms with van der Waals surface area (Å²) in [6, 6.07) is 10.0. The number of benzene rings is 1. The van der Waals surface area contributed by atoms with E-state index in [0.29, 0.717) is 29.0 Å². The number of rotatable bonds is 5. The molecule has 0 fully saturated rings. The van der Waals surface area contributed by atoms with Crippen molar-refractivity contribution in [3.8, 4) is 23.1 Å². The molecule has 3 heterocycles. The molecular formula is C19H18FN7O. The van der Waals surface area contributed by atoms with Gasteiger partial charge in [-0.3, -0.25) is 0 Å². The van der Waals surface area contributed by atoms with Gasteiger partial charge in [0.05, 0.1) is 24.8 Å². The zero-order valence-electron chi connectivity index (χ0n) is 15.6. The number of aromatic nitrogens is 6. The van der Waals surface area contributed by atoms with Crippen LogP contribution in [0.3, 0.4) is 0 Å². The molecule has 3 aromatic heterocycles. The van der Waals surface area contributed by atoms with Crippen LogP contribution in [0.1, 0.15) is 5.69 Å². The van der Waals surface area contributed by atoms with Gasteiger partial charge in [0.2, 0.25) is 17.7 Å². The molecule has 0 aliphatic heterocycles. The van der Waals surface area contributed by atoms with Gasteiger partial charge >= 0.3 is 0 Å². The molecule has 0 aliphatic carbocycles. The largest absolute Gasteiger partial charge is 0.479 e. The highest BCUT2D eigenvalue weighted by Crippen LogP contribution is 2.26. The lowest BCUT2D eigenvalue weighted by atomic mass is 10.3. The van der Waals surface area contributed by atoms with Gasteiger partial charge in [-0.15, -0.1) is 5.10 Å². The lowest BCUT2D eigenvalue weighted by molar-refractivity contribution is 0.396. The lowest BCUT2D eigenvalue weighted by Crippen LogP contribution is -2.01. The summed E-state index contributed by atoms with van der Waals surface area (Å²) in [6.45, 7) is 1.91. The maximum Gasteiger partial charge on any atom is 0.238 e. The number of pyridine rings is 1. The number of halogens is 1. The van der Waals surface area contributed by atoms with Crippen molar-refractivity contribution in [1.82, 2.24) is 29.3 Å². The molecule has 142 valence electrons. The second-order valence-corrected chi connectivity index (χ2v) is 6.13. The van der Waals surface area contributed by atoms with E-state index in [1.54, 1.807) is 44.8 Å². The Hall–Kier alpha value is -3.75. The smallest absolute Gasteiger partial charge is 0.238 e. The Kier molecular flexibility index (Phi) is 4.48. The zero-order chi connectivity index (χ0) is 19.7. The highest BCUT2D eigenvalue weighted by Gasteiger charge is 2.15. The highest BCUT2D eigenvalue weighted by atomic mass is 19.1. The molecular weight excluding hydrogens is 361 g/mol. The normalized spacial score (nSPS) is 10.9. The van der Waals surface area contributed by atoms with Crippen molar-refractivity contribution in [1.29, 1.82) is 0 Å². The van der Waals surface area contributed by atoms with Crippen LogP contribution in [-0.2, 0) is 7.05 Å². The molecule has 9 heteroatoms. The fourth-order valence-corrected chi connectivity index (χ4v) is 2.74. The topological polar surface area (TPSA) is 82.7 Å². The van der Waals surface area contributed by atoms with E-state index in [1.807, 2.05) is 23.8 Å². The van der Waals surface area contributed by atoms with Crippen LogP contribution in [0, 0.1) is 12.7 Å².